The number of urea groups is 1. The minimum atomic E-state index is -3.15. The number of piperidine rings is 1. The molecule has 1 saturated heterocycles. The van der Waals surface area contributed by atoms with Crippen molar-refractivity contribution in [3.05, 3.63) is 77.1 Å². The summed E-state index contributed by atoms with van der Waals surface area (Å²) in [7, 11) is -3.15. The highest BCUT2D eigenvalue weighted by atomic mass is 32.2. The van der Waals surface area contributed by atoms with Crippen molar-refractivity contribution in [1.82, 2.24) is 19.8 Å². The number of hydrogen-bond donors (Lipinski definition) is 2. The molecule has 0 unspecified atom stereocenters. The molecule has 0 bridgehead atoms. The van der Waals surface area contributed by atoms with Crippen molar-refractivity contribution >= 4 is 27.5 Å². The number of amides is 3. The maximum atomic E-state index is 14.4. The lowest BCUT2D eigenvalue weighted by Gasteiger charge is -2.38. The van der Waals surface area contributed by atoms with E-state index in [1.165, 1.54) is 6.20 Å². The summed E-state index contributed by atoms with van der Waals surface area (Å²) in [6.07, 6.45) is 7.36. The fraction of sp³-hybridized carbons (Fsp3) is 0.419. The number of rotatable bonds is 12. The Hall–Kier alpha value is -4.17. The maximum absolute atomic E-state index is 14.4. The van der Waals surface area contributed by atoms with Gasteiger partial charge in [0.2, 0.25) is 11.8 Å². The summed E-state index contributed by atoms with van der Waals surface area (Å²) in [4.78, 5) is 37.2. The number of aromatic nitrogens is 2. The number of likely N-dealkylation sites (tertiary alicyclic amines) is 1. The number of sulfone groups is 1. The fourth-order valence-electron chi connectivity index (χ4n) is 4.98. The second-order valence-electron chi connectivity index (χ2n) is 10.8. The Morgan fingerprint density at radius 2 is 1.67 bits per heavy atom. The minimum Gasteiger partial charge on any atom is -0.421 e. The molecular weight excluding hydrogens is 606 g/mol. The van der Waals surface area contributed by atoms with Gasteiger partial charge in [0.05, 0.1) is 17.0 Å². The molecule has 0 spiro atoms. The zero-order valence-electron chi connectivity index (χ0n) is 24.6. The quantitative estimate of drug-likeness (QED) is 0.275. The lowest BCUT2D eigenvalue weighted by Crippen LogP contribution is -2.49. The minimum absolute atomic E-state index is 0. The smallest absolute Gasteiger partial charge is 0.322 e. The number of carbonyl (C=O) groups excluding carboxylic acids is 2. The van der Waals surface area contributed by atoms with Crippen LogP contribution >= 0.6 is 0 Å². The number of pyridine rings is 2. The van der Waals surface area contributed by atoms with E-state index in [2.05, 4.69) is 20.2 Å². The first-order valence-corrected chi connectivity index (χ1v) is 16.3. The summed E-state index contributed by atoms with van der Waals surface area (Å²) in [5, 5.41) is 2.50. The number of anilines is 1. The van der Waals surface area contributed by atoms with E-state index < -0.39 is 39.0 Å². The SMILES string of the molecule is C.CCCCN(C(=O)Nc1cc(C(N)=O)c(F)cc1F)C1CCN(Cc2ccc(Oc3ccc(CS(C)(=O)=O)cn3)nc2)CC1. The normalized spacial score (nSPS) is 14.0. The molecule has 0 saturated carbocycles. The highest BCUT2D eigenvalue weighted by Crippen LogP contribution is 2.24. The second-order valence-corrected chi connectivity index (χ2v) is 13.0. The predicted molar refractivity (Wildman–Crippen MR) is 168 cm³/mol. The Bertz CT molecular complexity index is 1560. The van der Waals surface area contributed by atoms with Gasteiger partial charge in [0.25, 0.3) is 5.91 Å². The molecule has 0 atom stereocenters. The molecule has 11 nitrogen and oxygen atoms in total. The summed E-state index contributed by atoms with van der Waals surface area (Å²) < 4.78 is 56.9. The standard InChI is InChI=1S/C30H36F2N6O5S.CH4/c1-3-4-11-38(30(40)36-26-14-23(29(33)39)24(31)15-25(26)32)22-9-12-37(13-10-22)18-20-5-7-27(34-16-20)43-28-8-6-21(17-35-28)19-44(2,41)42;/h5-8,14-17,22H,3-4,9-13,18-19H2,1-2H3,(H2,33,39)(H,36,40);1H4. The van der Waals surface area contributed by atoms with Crippen molar-refractivity contribution in [1.29, 1.82) is 0 Å². The van der Waals surface area contributed by atoms with Crippen molar-refractivity contribution in [3.63, 3.8) is 0 Å². The monoisotopic (exact) mass is 646 g/mol. The van der Waals surface area contributed by atoms with Crippen LogP contribution in [0.4, 0.5) is 19.3 Å². The van der Waals surface area contributed by atoms with Crippen molar-refractivity contribution in [2.24, 2.45) is 5.73 Å². The number of unbranched alkanes of at least 4 members (excludes halogenated alkanes) is 1. The van der Waals surface area contributed by atoms with Gasteiger partial charge in [0.15, 0.2) is 9.84 Å². The molecule has 4 rings (SSSR count). The molecule has 1 fully saturated rings. The molecular formula is C31H40F2N6O5S. The van der Waals surface area contributed by atoms with Crippen LogP contribution in [0.5, 0.6) is 11.8 Å². The van der Waals surface area contributed by atoms with Crippen LogP contribution in [0, 0.1) is 11.6 Å². The van der Waals surface area contributed by atoms with E-state index in [-0.39, 0.29) is 24.9 Å². The molecule has 1 aliphatic heterocycles. The number of hydrogen-bond acceptors (Lipinski definition) is 8. The van der Waals surface area contributed by atoms with Gasteiger partial charge in [0.1, 0.15) is 11.6 Å². The Morgan fingerprint density at radius 3 is 2.20 bits per heavy atom. The molecule has 45 heavy (non-hydrogen) atoms. The van der Waals surface area contributed by atoms with Crippen molar-refractivity contribution < 1.29 is 31.5 Å². The summed E-state index contributed by atoms with van der Waals surface area (Å²) in [5.41, 5.74) is 5.92. The van der Waals surface area contributed by atoms with Crippen LogP contribution in [-0.4, -0.2) is 72.1 Å². The Morgan fingerprint density at radius 1 is 1.04 bits per heavy atom. The molecule has 14 heteroatoms. The largest absolute Gasteiger partial charge is 0.421 e. The molecule has 1 aliphatic rings. The van der Waals surface area contributed by atoms with E-state index in [0.29, 0.717) is 49.3 Å². The van der Waals surface area contributed by atoms with E-state index >= 15 is 0 Å². The number of carbonyl (C=O) groups is 2. The number of halogens is 2. The van der Waals surface area contributed by atoms with Gasteiger partial charge in [-0.2, -0.15) is 0 Å². The van der Waals surface area contributed by atoms with Crippen LogP contribution < -0.4 is 15.8 Å². The first-order valence-electron chi connectivity index (χ1n) is 14.3. The average Bonchev–Trinajstić information content (AvgIpc) is 2.96. The lowest BCUT2D eigenvalue weighted by molar-refractivity contribution is 0.0996. The van der Waals surface area contributed by atoms with Gasteiger partial charge in [-0.25, -0.2) is 32.0 Å². The second kappa shape index (κ2) is 15.7. The van der Waals surface area contributed by atoms with Crippen LogP contribution in [0.25, 0.3) is 0 Å². The third-order valence-corrected chi connectivity index (χ3v) is 8.07. The zero-order chi connectivity index (χ0) is 31.9. The van der Waals surface area contributed by atoms with Crippen molar-refractivity contribution in [2.45, 2.75) is 58.4 Å². The third kappa shape index (κ3) is 10.2. The number of nitrogens with two attached hydrogens (primary N) is 1. The molecule has 2 aromatic heterocycles. The maximum Gasteiger partial charge on any atom is 0.322 e. The highest BCUT2D eigenvalue weighted by Gasteiger charge is 2.28. The van der Waals surface area contributed by atoms with Crippen LogP contribution in [0.3, 0.4) is 0 Å². The number of nitrogens with zero attached hydrogens (tertiary/aromatic N) is 4. The highest BCUT2D eigenvalue weighted by molar-refractivity contribution is 7.89. The molecule has 3 amide bonds. The van der Waals surface area contributed by atoms with Crippen LogP contribution in [0.1, 0.15) is 61.5 Å². The Labute approximate surface area is 262 Å². The summed E-state index contributed by atoms with van der Waals surface area (Å²) in [5.74, 6) is -2.57. The first-order chi connectivity index (χ1) is 20.9. The van der Waals surface area contributed by atoms with Gasteiger partial charge in [-0.15, -0.1) is 0 Å². The van der Waals surface area contributed by atoms with Gasteiger partial charge in [-0.1, -0.05) is 32.9 Å². The first kappa shape index (κ1) is 35.3. The molecule has 0 aliphatic carbocycles. The molecule has 244 valence electrons. The molecule has 3 heterocycles. The summed E-state index contributed by atoms with van der Waals surface area (Å²) >= 11 is 0. The molecule has 3 N–H and O–H groups in total. The van der Waals surface area contributed by atoms with Gasteiger partial charge >= 0.3 is 6.03 Å². The summed E-state index contributed by atoms with van der Waals surface area (Å²) in [6, 6.07) is 7.75. The van der Waals surface area contributed by atoms with Crippen molar-refractivity contribution in [2.75, 3.05) is 31.2 Å². The third-order valence-electron chi connectivity index (χ3n) is 7.21. The van der Waals surface area contributed by atoms with E-state index in [0.717, 1.165) is 43.8 Å². The number of primary amides is 1. The van der Waals surface area contributed by atoms with E-state index in [4.69, 9.17) is 10.5 Å². The van der Waals surface area contributed by atoms with Gasteiger partial charge < -0.3 is 20.7 Å². The lowest BCUT2D eigenvalue weighted by atomic mass is 10.0. The predicted octanol–water partition coefficient (Wildman–Crippen LogP) is 5.13. The molecule has 1 aromatic carbocycles. The topological polar surface area (TPSA) is 148 Å². The van der Waals surface area contributed by atoms with Crippen LogP contribution in [-0.2, 0) is 22.1 Å². The van der Waals surface area contributed by atoms with Gasteiger partial charge in [-0.05, 0) is 36.5 Å². The van der Waals surface area contributed by atoms with E-state index in [9.17, 15) is 26.8 Å². The average molecular weight is 647 g/mol. The number of nitrogens with one attached hydrogen (secondary N) is 1. The molecule has 3 aromatic rings. The number of ether oxygens (including phenoxy) is 1. The molecule has 0 radical (unpaired) electrons. The summed E-state index contributed by atoms with van der Waals surface area (Å²) in [6.45, 7) is 4.57. The van der Waals surface area contributed by atoms with E-state index in [1.54, 1.807) is 29.3 Å². The van der Waals surface area contributed by atoms with Crippen LogP contribution in [0.15, 0.2) is 48.8 Å². The fourth-order valence-corrected chi connectivity index (χ4v) is 5.75. The Balaban J connectivity index is 0.00000552. The van der Waals surface area contributed by atoms with Gasteiger partial charge in [0, 0.05) is 69.1 Å². The Kier molecular flexibility index (Phi) is 12.3. The van der Waals surface area contributed by atoms with E-state index in [1.807, 2.05) is 13.0 Å². The number of benzene rings is 1. The van der Waals surface area contributed by atoms with Gasteiger partial charge in [-0.3, -0.25) is 9.69 Å². The van der Waals surface area contributed by atoms with Crippen molar-refractivity contribution in [3.8, 4) is 11.8 Å². The zero-order valence-corrected chi connectivity index (χ0v) is 25.4. The van der Waals surface area contributed by atoms with Crippen LogP contribution in [0.2, 0.25) is 0 Å².